The summed E-state index contributed by atoms with van der Waals surface area (Å²) in [6.07, 6.45) is 6.75. The molecule has 3 aliphatic rings. The molecule has 4 nitrogen and oxygen atoms in total. The Hall–Kier alpha value is -1.32. The molecule has 1 aromatic rings. The third kappa shape index (κ3) is 0.758. The minimum absolute atomic E-state index is 0.0816. The molecule has 0 saturated carbocycles. The minimum Gasteiger partial charge on any atom is -0.347 e. The Morgan fingerprint density at radius 3 is 3.00 bits per heavy atom. The highest BCUT2D eigenvalue weighted by atomic mass is 16.1. The van der Waals surface area contributed by atoms with Gasteiger partial charge in [0.05, 0.1) is 12.1 Å². The van der Waals surface area contributed by atoms with Crippen LogP contribution in [0.3, 0.4) is 0 Å². The van der Waals surface area contributed by atoms with Crippen LogP contribution in [0.5, 0.6) is 0 Å². The molecule has 4 heterocycles. The first-order valence-electron chi connectivity index (χ1n) is 5.65. The van der Waals surface area contributed by atoms with Crippen molar-refractivity contribution in [3.05, 3.63) is 22.7 Å². The highest BCUT2D eigenvalue weighted by Crippen LogP contribution is 2.52. The van der Waals surface area contributed by atoms with E-state index in [2.05, 4.69) is 9.88 Å². The van der Waals surface area contributed by atoms with Crippen molar-refractivity contribution in [2.24, 2.45) is 0 Å². The molecule has 0 spiro atoms. The lowest BCUT2D eigenvalue weighted by atomic mass is 9.88. The Bertz CT molecular complexity index is 485. The molecule has 2 saturated heterocycles. The summed E-state index contributed by atoms with van der Waals surface area (Å²) < 4.78 is 1.85. The van der Waals surface area contributed by atoms with Crippen LogP contribution < -0.4 is 10.6 Å². The zero-order valence-electron chi connectivity index (χ0n) is 8.52. The molecule has 0 N–H and O–H groups in total. The summed E-state index contributed by atoms with van der Waals surface area (Å²) in [5.41, 5.74) is 0.196. The van der Waals surface area contributed by atoms with Gasteiger partial charge in [-0.05, 0) is 31.7 Å². The molecule has 0 aromatic carbocycles. The summed E-state index contributed by atoms with van der Waals surface area (Å²) in [4.78, 5) is 18.0. The number of rotatable bonds is 0. The number of hydrogen-bond acceptors (Lipinski definition) is 3. The lowest BCUT2D eigenvalue weighted by Gasteiger charge is -2.27. The van der Waals surface area contributed by atoms with Crippen LogP contribution in [0.15, 0.2) is 17.1 Å². The SMILES string of the molecule is O=c1nccc2n1CC13CCC(CC1)N23. The lowest BCUT2D eigenvalue weighted by molar-refractivity contribution is 0.382. The highest BCUT2D eigenvalue weighted by molar-refractivity contribution is 5.52. The molecule has 0 radical (unpaired) electrons. The average molecular weight is 203 g/mol. The first-order valence-corrected chi connectivity index (χ1v) is 5.65. The fourth-order valence-electron chi connectivity index (χ4n) is 3.77. The van der Waals surface area contributed by atoms with Gasteiger partial charge in [0.25, 0.3) is 0 Å². The maximum absolute atomic E-state index is 11.6. The number of nitrogens with zero attached hydrogens (tertiary/aromatic N) is 3. The van der Waals surface area contributed by atoms with Crippen molar-refractivity contribution < 1.29 is 0 Å². The third-order valence-electron chi connectivity index (χ3n) is 4.38. The van der Waals surface area contributed by atoms with E-state index in [1.54, 1.807) is 6.20 Å². The van der Waals surface area contributed by atoms with Crippen molar-refractivity contribution in [1.29, 1.82) is 0 Å². The van der Waals surface area contributed by atoms with Gasteiger partial charge in [-0.2, -0.15) is 0 Å². The molecule has 78 valence electrons. The molecular formula is C11H13N3O. The van der Waals surface area contributed by atoms with Crippen molar-refractivity contribution >= 4 is 5.82 Å². The fourth-order valence-corrected chi connectivity index (χ4v) is 3.77. The Morgan fingerprint density at radius 1 is 1.40 bits per heavy atom. The first kappa shape index (κ1) is 7.91. The van der Waals surface area contributed by atoms with E-state index in [1.165, 1.54) is 25.7 Å². The molecule has 2 fully saturated rings. The molecule has 0 amide bonds. The van der Waals surface area contributed by atoms with Gasteiger partial charge in [0.2, 0.25) is 0 Å². The van der Waals surface area contributed by atoms with Crippen LogP contribution in [0.1, 0.15) is 25.7 Å². The van der Waals surface area contributed by atoms with Gasteiger partial charge in [-0.1, -0.05) is 0 Å². The Kier molecular flexibility index (Phi) is 1.19. The van der Waals surface area contributed by atoms with Crippen LogP contribution in [0.4, 0.5) is 5.82 Å². The maximum atomic E-state index is 11.6. The van der Waals surface area contributed by atoms with Crippen LogP contribution in [-0.2, 0) is 6.54 Å². The van der Waals surface area contributed by atoms with E-state index in [-0.39, 0.29) is 11.2 Å². The summed E-state index contributed by atoms with van der Waals surface area (Å²) >= 11 is 0. The summed E-state index contributed by atoms with van der Waals surface area (Å²) in [6.45, 7) is 0.867. The molecule has 0 unspecified atom stereocenters. The average Bonchev–Trinajstić information content (AvgIpc) is 2.82. The van der Waals surface area contributed by atoms with Crippen LogP contribution in [0, 0.1) is 0 Å². The monoisotopic (exact) mass is 203 g/mol. The molecule has 0 atom stereocenters. The molecule has 4 rings (SSSR count). The summed E-state index contributed by atoms with van der Waals surface area (Å²) in [7, 11) is 0. The summed E-state index contributed by atoms with van der Waals surface area (Å²) in [5, 5.41) is 0. The Morgan fingerprint density at radius 2 is 2.20 bits per heavy atom. The number of anilines is 1. The van der Waals surface area contributed by atoms with E-state index in [0.717, 1.165) is 12.4 Å². The van der Waals surface area contributed by atoms with Crippen LogP contribution >= 0.6 is 0 Å². The minimum atomic E-state index is -0.0816. The second-order valence-corrected chi connectivity index (χ2v) is 5.00. The topological polar surface area (TPSA) is 38.1 Å². The largest absolute Gasteiger partial charge is 0.349 e. The standard InChI is InChI=1S/C11H13N3O/c15-10-12-6-3-9-13(10)7-11-4-1-8(2-5-11)14(9)11/h3,6,8H,1-2,4-5,7H2. The lowest BCUT2D eigenvalue weighted by Crippen LogP contribution is -2.38. The Labute approximate surface area is 87.5 Å². The molecule has 3 aliphatic heterocycles. The van der Waals surface area contributed by atoms with Crippen LogP contribution in [-0.4, -0.2) is 21.1 Å². The van der Waals surface area contributed by atoms with Gasteiger partial charge in [0.15, 0.2) is 0 Å². The van der Waals surface area contributed by atoms with E-state index in [1.807, 2.05) is 10.6 Å². The van der Waals surface area contributed by atoms with Crippen LogP contribution in [0.25, 0.3) is 0 Å². The quantitative estimate of drug-likeness (QED) is 0.624. The van der Waals surface area contributed by atoms with E-state index in [0.29, 0.717) is 6.04 Å². The van der Waals surface area contributed by atoms with Gasteiger partial charge in [0.1, 0.15) is 5.82 Å². The van der Waals surface area contributed by atoms with E-state index in [9.17, 15) is 4.79 Å². The molecule has 4 heteroatoms. The summed E-state index contributed by atoms with van der Waals surface area (Å²) in [6, 6.07) is 2.67. The van der Waals surface area contributed by atoms with Gasteiger partial charge < -0.3 is 4.90 Å². The van der Waals surface area contributed by atoms with Crippen LogP contribution in [0.2, 0.25) is 0 Å². The first-order chi connectivity index (χ1) is 7.30. The van der Waals surface area contributed by atoms with Crippen molar-refractivity contribution in [1.82, 2.24) is 9.55 Å². The zero-order chi connectivity index (χ0) is 10.0. The smallest absolute Gasteiger partial charge is 0.347 e. The molecular weight excluding hydrogens is 190 g/mol. The van der Waals surface area contributed by atoms with Crippen molar-refractivity contribution in [3.8, 4) is 0 Å². The normalized spacial score (nSPS) is 35.7. The second kappa shape index (κ2) is 2.26. The third-order valence-corrected chi connectivity index (χ3v) is 4.38. The molecule has 0 aliphatic carbocycles. The number of aromatic nitrogens is 2. The highest BCUT2D eigenvalue weighted by Gasteiger charge is 2.56. The zero-order valence-corrected chi connectivity index (χ0v) is 8.52. The molecule has 2 bridgehead atoms. The predicted molar refractivity (Wildman–Crippen MR) is 56.0 cm³/mol. The predicted octanol–water partition coefficient (Wildman–Crippen LogP) is 0.758. The fraction of sp³-hybridized carbons (Fsp3) is 0.636. The van der Waals surface area contributed by atoms with Crippen molar-refractivity contribution in [3.63, 3.8) is 0 Å². The molecule has 15 heavy (non-hydrogen) atoms. The second-order valence-electron chi connectivity index (χ2n) is 5.00. The van der Waals surface area contributed by atoms with Crippen molar-refractivity contribution in [2.75, 3.05) is 4.90 Å². The van der Waals surface area contributed by atoms with Gasteiger partial charge in [-0.25, -0.2) is 9.78 Å². The van der Waals surface area contributed by atoms with E-state index in [4.69, 9.17) is 0 Å². The van der Waals surface area contributed by atoms with Crippen molar-refractivity contribution in [2.45, 2.75) is 43.8 Å². The number of hydrogen-bond donors (Lipinski definition) is 0. The summed E-state index contributed by atoms with van der Waals surface area (Å²) in [5.74, 6) is 1.11. The maximum Gasteiger partial charge on any atom is 0.349 e. The van der Waals surface area contributed by atoms with Gasteiger partial charge in [0, 0.05) is 12.2 Å². The van der Waals surface area contributed by atoms with E-state index < -0.39 is 0 Å². The van der Waals surface area contributed by atoms with Gasteiger partial charge >= 0.3 is 5.69 Å². The van der Waals surface area contributed by atoms with Gasteiger partial charge in [-0.15, -0.1) is 0 Å². The molecule has 1 aromatic heterocycles. The number of fused-ring (bicyclic) bond motifs is 1. The van der Waals surface area contributed by atoms with Gasteiger partial charge in [-0.3, -0.25) is 4.57 Å². The Balaban J connectivity index is 1.98. The van der Waals surface area contributed by atoms with E-state index >= 15 is 0 Å².